The standard InChI is InChI=1S/C19H21BrN2O4S2/c1-2-19(24)22-7-5-13-10-15(20)17(11-16(13)22)28(25,26)9-6-18(23)21-12-14-4-3-8-27-14/h3-4,8,10-11H,2,5-7,9,12H2,1H3,(H,21,23). The van der Waals surface area contributed by atoms with Crippen molar-refractivity contribution < 1.29 is 18.0 Å². The molecule has 0 atom stereocenters. The molecule has 1 aromatic heterocycles. The fourth-order valence-corrected chi connectivity index (χ4v) is 6.20. The van der Waals surface area contributed by atoms with Crippen LogP contribution in [0.15, 0.2) is 39.0 Å². The summed E-state index contributed by atoms with van der Waals surface area (Å²) in [7, 11) is -3.68. The lowest BCUT2D eigenvalue weighted by Crippen LogP contribution is -2.28. The van der Waals surface area contributed by atoms with E-state index in [1.165, 1.54) is 11.3 Å². The number of nitrogens with zero attached hydrogens (tertiary/aromatic N) is 1. The zero-order chi connectivity index (χ0) is 20.3. The lowest BCUT2D eigenvalue weighted by Gasteiger charge is -2.18. The topological polar surface area (TPSA) is 83.6 Å². The van der Waals surface area contributed by atoms with Crippen LogP contribution in [0.5, 0.6) is 0 Å². The molecule has 0 saturated heterocycles. The Morgan fingerprint density at radius 1 is 1.32 bits per heavy atom. The number of halogens is 1. The normalized spacial score (nSPS) is 13.4. The van der Waals surface area contributed by atoms with Gasteiger partial charge in [-0.25, -0.2) is 8.42 Å². The monoisotopic (exact) mass is 484 g/mol. The molecule has 9 heteroatoms. The van der Waals surface area contributed by atoms with E-state index in [1.807, 2.05) is 17.5 Å². The molecule has 0 saturated carbocycles. The van der Waals surface area contributed by atoms with Crippen molar-refractivity contribution in [1.82, 2.24) is 5.32 Å². The molecule has 150 valence electrons. The number of hydrogen-bond donors (Lipinski definition) is 1. The highest BCUT2D eigenvalue weighted by atomic mass is 79.9. The first-order valence-corrected chi connectivity index (χ1v) is 12.3. The Kier molecular flexibility index (Phi) is 6.57. The number of anilines is 1. The smallest absolute Gasteiger partial charge is 0.226 e. The number of sulfone groups is 1. The van der Waals surface area contributed by atoms with Crippen molar-refractivity contribution in [3.05, 3.63) is 44.6 Å². The van der Waals surface area contributed by atoms with Gasteiger partial charge in [0.2, 0.25) is 11.8 Å². The minimum atomic E-state index is -3.68. The summed E-state index contributed by atoms with van der Waals surface area (Å²) < 4.78 is 26.1. The van der Waals surface area contributed by atoms with Gasteiger partial charge >= 0.3 is 0 Å². The van der Waals surface area contributed by atoms with Crippen LogP contribution in [-0.2, 0) is 32.4 Å². The van der Waals surface area contributed by atoms with Gasteiger partial charge in [0.05, 0.1) is 17.2 Å². The summed E-state index contributed by atoms with van der Waals surface area (Å²) in [5.74, 6) is -0.628. The maximum Gasteiger partial charge on any atom is 0.226 e. The zero-order valence-electron chi connectivity index (χ0n) is 15.4. The summed E-state index contributed by atoms with van der Waals surface area (Å²) in [6, 6.07) is 7.13. The van der Waals surface area contributed by atoms with E-state index in [0.717, 1.165) is 10.4 Å². The molecule has 0 spiro atoms. The summed E-state index contributed by atoms with van der Waals surface area (Å²) in [6.45, 7) is 2.74. The average Bonchev–Trinajstić information content (AvgIpc) is 3.32. The van der Waals surface area contributed by atoms with E-state index in [4.69, 9.17) is 0 Å². The van der Waals surface area contributed by atoms with Crippen LogP contribution in [0, 0.1) is 0 Å². The maximum absolute atomic E-state index is 12.8. The molecule has 0 unspecified atom stereocenters. The van der Waals surface area contributed by atoms with Crippen molar-refractivity contribution in [2.24, 2.45) is 0 Å². The first-order valence-electron chi connectivity index (χ1n) is 8.96. The second kappa shape index (κ2) is 8.75. The SMILES string of the molecule is CCC(=O)N1CCc2cc(Br)c(S(=O)(=O)CCC(=O)NCc3cccs3)cc21. The highest BCUT2D eigenvalue weighted by Gasteiger charge is 2.28. The molecule has 0 bridgehead atoms. The van der Waals surface area contributed by atoms with Crippen molar-refractivity contribution in [1.29, 1.82) is 0 Å². The van der Waals surface area contributed by atoms with Gasteiger partial charge in [-0.05, 0) is 51.5 Å². The molecule has 0 aliphatic carbocycles. The minimum absolute atomic E-state index is 0.0302. The summed E-state index contributed by atoms with van der Waals surface area (Å²) >= 11 is 4.87. The third kappa shape index (κ3) is 4.64. The van der Waals surface area contributed by atoms with Crippen LogP contribution in [-0.4, -0.2) is 32.5 Å². The van der Waals surface area contributed by atoms with E-state index in [0.29, 0.717) is 36.1 Å². The quantitative estimate of drug-likeness (QED) is 0.653. The molecule has 28 heavy (non-hydrogen) atoms. The zero-order valence-corrected chi connectivity index (χ0v) is 18.6. The molecule has 1 aliphatic rings. The van der Waals surface area contributed by atoms with Gasteiger partial charge in [-0.1, -0.05) is 13.0 Å². The molecule has 2 amide bonds. The molecule has 3 rings (SSSR count). The van der Waals surface area contributed by atoms with Crippen LogP contribution in [0.1, 0.15) is 30.2 Å². The van der Waals surface area contributed by atoms with Gasteiger partial charge in [-0.2, -0.15) is 0 Å². The van der Waals surface area contributed by atoms with Gasteiger partial charge in [-0.15, -0.1) is 11.3 Å². The van der Waals surface area contributed by atoms with E-state index in [-0.39, 0.29) is 28.9 Å². The van der Waals surface area contributed by atoms with Gasteiger partial charge in [0, 0.05) is 34.4 Å². The summed E-state index contributed by atoms with van der Waals surface area (Å²) in [6.07, 6.45) is 0.946. The summed E-state index contributed by atoms with van der Waals surface area (Å²) in [4.78, 5) is 26.9. The van der Waals surface area contributed by atoms with E-state index in [9.17, 15) is 18.0 Å². The van der Waals surface area contributed by atoms with Crippen molar-refractivity contribution in [3.63, 3.8) is 0 Å². The van der Waals surface area contributed by atoms with Gasteiger partial charge in [0.15, 0.2) is 9.84 Å². The Bertz CT molecular complexity index is 988. The number of fused-ring (bicyclic) bond motifs is 1. The van der Waals surface area contributed by atoms with Crippen LogP contribution >= 0.6 is 27.3 Å². The largest absolute Gasteiger partial charge is 0.351 e. The third-order valence-corrected chi connectivity index (χ3v) is 8.15. The van der Waals surface area contributed by atoms with Gasteiger partial charge in [0.1, 0.15) is 0 Å². The highest BCUT2D eigenvalue weighted by molar-refractivity contribution is 9.10. The second-order valence-corrected chi connectivity index (χ2v) is 10.4. The Labute approximate surface area is 177 Å². The van der Waals surface area contributed by atoms with Gasteiger partial charge < -0.3 is 10.2 Å². The van der Waals surface area contributed by atoms with Crippen molar-refractivity contribution >= 4 is 54.6 Å². The first kappa shape index (κ1) is 21.0. The first-order chi connectivity index (χ1) is 13.3. The molecule has 6 nitrogen and oxygen atoms in total. The summed E-state index contributed by atoms with van der Waals surface area (Å²) in [5.41, 5.74) is 1.59. The number of nitrogens with one attached hydrogen (secondary N) is 1. The Morgan fingerprint density at radius 3 is 2.79 bits per heavy atom. The lowest BCUT2D eigenvalue weighted by molar-refractivity contribution is -0.121. The predicted octanol–water partition coefficient (Wildman–Crippen LogP) is 3.29. The fourth-order valence-electron chi connectivity index (χ4n) is 3.10. The number of carbonyl (C=O) groups is 2. The van der Waals surface area contributed by atoms with Crippen LogP contribution in [0.3, 0.4) is 0 Å². The van der Waals surface area contributed by atoms with Crippen LogP contribution in [0.25, 0.3) is 0 Å². The number of carbonyl (C=O) groups excluding carboxylic acids is 2. The summed E-state index contributed by atoms with van der Waals surface area (Å²) in [5, 5.41) is 4.66. The number of thiophene rings is 1. The molecule has 2 heterocycles. The number of amides is 2. The van der Waals surface area contributed by atoms with Crippen molar-refractivity contribution in [3.8, 4) is 0 Å². The van der Waals surface area contributed by atoms with E-state index in [2.05, 4.69) is 21.2 Å². The second-order valence-electron chi connectivity index (χ2n) is 6.49. The Morgan fingerprint density at radius 2 is 2.11 bits per heavy atom. The minimum Gasteiger partial charge on any atom is -0.351 e. The van der Waals surface area contributed by atoms with Crippen molar-refractivity contribution in [2.45, 2.75) is 37.6 Å². The van der Waals surface area contributed by atoms with Crippen LogP contribution in [0.4, 0.5) is 5.69 Å². The molecule has 1 N–H and O–H groups in total. The molecular weight excluding hydrogens is 464 g/mol. The highest BCUT2D eigenvalue weighted by Crippen LogP contribution is 2.36. The van der Waals surface area contributed by atoms with Crippen LogP contribution < -0.4 is 10.2 Å². The van der Waals surface area contributed by atoms with Gasteiger partial charge in [0.25, 0.3) is 0 Å². The Balaban J connectivity index is 1.71. The molecule has 2 aromatic rings. The third-order valence-electron chi connectivity index (χ3n) is 4.61. The molecule has 0 fully saturated rings. The molecule has 1 aromatic carbocycles. The Hall–Kier alpha value is -1.71. The maximum atomic E-state index is 12.8. The molecular formula is C19H21BrN2O4S2. The lowest BCUT2D eigenvalue weighted by atomic mass is 10.2. The number of benzene rings is 1. The van der Waals surface area contributed by atoms with Crippen molar-refractivity contribution in [2.75, 3.05) is 17.2 Å². The van der Waals surface area contributed by atoms with Crippen LogP contribution in [0.2, 0.25) is 0 Å². The van der Waals surface area contributed by atoms with E-state index in [1.54, 1.807) is 24.0 Å². The van der Waals surface area contributed by atoms with E-state index >= 15 is 0 Å². The predicted molar refractivity (Wildman–Crippen MR) is 113 cm³/mol. The fraction of sp³-hybridized carbons (Fsp3) is 0.368. The number of hydrogen-bond acceptors (Lipinski definition) is 5. The average molecular weight is 485 g/mol. The number of rotatable bonds is 7. The van der Waals surface area contributed by atoms with Gasteiger partial charge in [-0.3, -0.25) is 9.59 Å². The molecule has 0 radical (unpaired) electrons. The van der Waals surface area contributed by atoms with E-state index < -0.39 is 9.84 Å². The molecule has 1 aliphatic heterocycles.